The number of ether oxygens (including phenoxy) is 1. The van der Waals surface area contributed by atoms with E-state index in [4.69, 9.17) is 27.9 Å². The van der Waals surface area contributed by atoms with E-state index < -0.39 is 0 Å². The highest BCUT2D eigenvalue weighted by molar-refractivity contribution is 9.10. The van der Waals surface area contributed by atoms with E-state index in [9.17, 15) is 4.79 Å². The molecule has 0 saturated carbocycles. The Kier molecular flexibility index (Phi) is 7.23. The van der Waals surface area contributed by atoms with Gasteiger partial charge in [-0.25, -0.2) is 4.79 Å². The molecule has 1 aromatic heterocycles. The molecule has 0 aliphatic rings. The molecule has 4 rings (SSSR count). The van der Waals surface area contributed by atoms with Crippen LogP contribution in [0.3, 0.4) is 0 Å². The van der Waals surface area contributed by atoms with Crippen molar-refractivity contribution in [1.82, 2.24) is 9.78 Å². The summed E-state index contributed by atoms with van der Waals surface area (Å²) in [4.78, 5) is 12.5. The highest BCUT2D eigenvalue weighted by Crippen LogP contribution is 2.37. The van der Waals surface area contributed by atoms with Crippen LogP contribution < -0.4 is 15.4 Å². The van der Waals surface area contributed by atoms with E-state index in [0.717, 1.165) is 21.3 Å². The van der Waals surface area contributed by atoms with E-state index in [0.29, 0.717) is 33.8 Å². The number of benzene rings is 3. The lowest BCUT2D eigenvalue weighted by Crippen LogP contribution is -2.19. The van der Waals surface area contributed by atoms with Gasteiger partial charge in [-0.3, -0.25) is 4.68 Å². The zero-order valence-corrected chi connectivity index (χ0v) is 20.6. The lowest BCUT2D eigenvalue weighted by Gasteiger charge is -2.15. The summed E-state index contributed by atoms with van der Waals surface area (Å²) >= 11 is 15.4. The molecule has 9 heteroatoms. The Hall–Kier alpha value is -3.00. The molecule has 33 heavy (non-hydrogen) atoms. The van der Waals surface area contributed by atoms with Crippen molar-refractivity contribution in [2.75, 3.05) is 10.6 Å². The van der Waals surface area contributed by atoms with Crippen molar-refractivity contribution in [3.8, 4) is 17.0 Å². The van der Waals surface area contributed by atoms with Crippen molar-refractivity contribution in [3.05, 3.63) is 93.0 Å². The Balaban J connectivity index is 1.57. The number of aromatic nitrogens is 2. The average Bonchev–Trinajstić information content (AvgIpc) is 3.13. The fourth-order valence-electron chi connectivity index (χ4n) is 3.20. The molecule has 0 aliphatic heterocycles. The summed E-state index contributed by atoms with van der Waals surface area (Å²) in [5, 5.41) is 11.2. The second-order valence-electron chi connectivity index (χ2n) is 7.18. The molecule has 2 N–H and O–H groups in total. The van der Waals surface area contributed by atoms with Crippen molar-refractivity contribution < 1.29 is 9.53 Å². The fraction of sp³-hybridized carbons (Fsp3) is 0.0833. The number of urea groups is 1. The summed E-state index contributed by atoms with van der Waals surface area (Å²) in [5.41, 5.74) is 3.82. The number of hydrogen-bond donors (Lipinski definition) is 2. The standard InChI is InChI=1S/C24H19BrCl2N4O2/c1-31-23(21(25)13-28-31)20-12-19(30-24(32)29-18-8-6-17(27)7-9-18)10-11-22(20)33-14-15-2-4-16(26)5-3-15/h2-13H,14H2,1H3,(H2,29,30,32). The van der Waals surface area contributed by atoms with E-state index in [1.54, 1.807) is 41.2 Å². The smallest absolute Gasteiger partial charge is 0.323 e. The van der Waals surface area contributed by atoms with Gasteiger partial charge < -0.3 is 15.4 Å². The van der Waals surface area contributed by atoms with Gasteiger partial charge in [-0.1, -0.05) is 35.3 Å². The summed E-state index contributed by atoms with van der Waals surface area (Å²) in [5.74, 6) is 0.651. The molecule has 1 heterocycles. The monoisotopic (exact) mass is 544 g/mol. The SMILES string of the molecule is Cn1ncc(Br)c1-c1cc(NC(=O)Nc2ccc(Cl)cc2)ccc1OCc1ccc(Cl)cc1. The molecule has 0 radical (unpaired) electrons. The predicted octanol–water partition coefficient (Wildman–Crippen LogP) is 7.38. The molecule has 168 valence electrons. The number of aryl methyl sites for hydroxylation is 1. The number of nitrogens with one attached hydrogen (secondary N) is 2. The summed E-state index contributed by atoms with van der Waals surface area (Å²) in [6.45, 7) is 0.365. The predicted molar refractivity (Wildman–Crippen MR) is 136 cm³/mol. The number of carbonyl (C=O) groups is 1. The van der Waals surface area contributed by atoms with Crippen LogP contribution in [0.4, 0.5) is 16.2 Å². The van der Waals surface area contributed by atoms with E-state index in [2.05, 4.69) is 31.7 Å². The second kappa shape index (κ2) is 10.3. The number of halogens is 3. The molecular weight excluding hydrogens is 527 g/mol. The fourth-order valence-corrected chi connectivity index (χ4v) is 4.01. The molecule has 0 spiro atoms. The maximum Gasteiger partial charge on any atom is 0.323 e. The molecule has 0 fully saturated rings. The quantitative estimate of drug-likeness (QED) is 0.265. The van der Waals surface area contributed by atoms with Crippen LogP contribution in [0.15, 0.2) is 77.4 Å². The van der Waals surface area contributed by atoms with Gasteiger partial charge in [0.1, 0.15) is 12.4 Å². The Labute approximate surface area is 209 Å². The molecule has 0 aliphatic carbocycles. The number of anilines is 2. The minimum atomic E-state index is -0.373. The zero-order valence-electron chi connectivity index (χ0n) is 17.5. The van der Waals surface area contributed by atoms with Crippen LogP contribution in [0.5, 0.6) is 5.75 Å². The first-order valence-corrected chi connectivity index (χ1v) is 11.5. The first-order valence-electron chi connectivity index (χ1n) is 9.92. The molecule has 0 atom stereocenters. The number of carbonyl (C=O) groups excluding carboxylic acids is 1. The Morgan fingerprint density at radius 1 is 0.970 bits per heavy atom. The van der Waals surface area contributed by atoms with Gasteiger partial charge >= 0.3 is 6.03 Å². The van der Waals surface area contributed by atoms with Crippen molar-refractivity contribution in [2.24, 2.45) is 7.05 Å². The minimum absolute atomic E-state index is 0.365. The third-order valence-electron chi connectivity index (χ3n) is 4.80. The van der Waals surface area contributed by atoms with Crippen LogP contribution >= 0.6 is 39.1 Å². The highest BCUT2D eigenvalue weighted by atomic mass is 79.9. The molecular formula is C24H19BrCl2N4O2. The van der Waals surface area contributed by atoms with E-state index in [1.807, 2.05) is 43.4 Å². The van der Waals surface area contributed by atoms with Gasteiger partial charge in [-0.15, -0.1) is 0 Å². The number of nitrogens with zero attached hydrogens (tertiary/aromatic N) is 2. The average molecular weight is 546 g/mol. The molecule has 6 nitrogen and oxygen atoms in total. The Morgan fingerprint density at radius 2 is 1.58 bits per heavy atom. The van der Waals surface area contributed by atoms with E-state index in [1.165, 1.54) is 0 Å². The summed E-state index contributed by atoms with van der Waals surface area (Å²) in [6.07, 6.45) is 1.71. The second-order valence-corrected chi connectivity index (χ2v) is 8.90. The summed E-state index contributed by atoms with van der Waals surface area (Å²) in [6, 6.07) is 19.4. The summed E-state index contributed by atoms with van der Waals surface area (Å²) in [7, 11) is 1.84. The van der Waals surface area contributed by atoms with Crippen LogP contribution in [0.25, 0.3) is 11.3 Å². The third kappa shape index (κ3) is 5.87. The van der Waals surface area contributed by atoms with Crippen molar-refractivity contribution in [2.45, 2.75) is 6.61 Å². The molecule has 0 saturated heterocycles. The minimum Gasteiger partial charge on any atom is -0.488 e. The van der Waals surface area contributed by atoms with Gasteiger partial charge in [0, 0.05) is 34.0 Å². The number of rotatable bonds is 6. The van der Waals surface area contributed by atoms with Gasteiger partial charge in [0.05, 0.1) is 16.4 Å². The van der Waals surface area contributed by atoms with Crippen LogP contribution in [-0.4, -0.2) is 15.8 Å². The largest absolute Gasteiger partial charge is 0.488 e. The Bertz CT molecular complexity index is 1260. The van der Waals surface area contributed by atoms with Gasteiger partial charge in [0.2, 0.25) is 0 Å². The van der Waals surface area contributed by atoms with E-state index >= 15 is 0 Å². The maximum absolute atomic E-state index is 12.5. The van der Waals surface area contributed by atoms with Crippen molar-refractivity contribution >= 4 is 56.5 Å². The van der Waals surface area contributed by atoms with Crippen LogP contribution in [0.1, 0.15) is 5.56 Å². The first-order chi connectivity index (χ1) is 15.9. The Morgan fingerprint density at radius 3 is 2.21 bits per heavy atom. The van der Waals surface area contributed by atoms with Crippen molar-refractivity contribution in [3.63, 3.8) is 0 Å². The van der Waals surface area contributed by atoms with Gasteiger partial charge in [-0.2, -0.15) is 5.10 Å². The molecule has 0 unspecified atom stereocenters. The van der Waals surface area contributed by atoms with Crippen LogP contribution in [-0.2, 0) is 13.7 Å². The number of hydrogen-bond acceptors (Lipinski definition) is 3. The van der Waals surface area contributed by atoms with Crippen LogP contribution in [0, 0.1) is 0 Å². The van der Waals surface area contributed by atoms with Crippen LogP contribution in [0.2, 0.25) is 10.0 Å². The topological polar surface area (TPSA) is 68.2 Å². The number of amides is 2. The maximum atomic E-state index is 12.5. The van der Waals surface area contributed by atoms with E-state index in [-0.39, 0.29) is 6.03 Å². The van der Waals surface area contributed by atoms with Gasteiger partial charge in [0.15, 0.2) is 0 Å². The molecule has 0 bridgehead atoms. The molecule has 3 aromatic carbocycles. The zero-order chi connectivity index (χ0) is 23.4. The first kappa shape index (κ1) is 23.2. The molecule has 2 amide bonds. The lowest BCUT2D eigenvalue weighted by atomic mass is 10.1. The molecule has 4 aromatic rings. The third-order valence-corrected chi connectivity index (χ3v) is 5.88. The van der Waals surface area contributed by atoms with Gasteiger partial charge in [-0.05, 0) is 76.1 Å². The van der Waals surface area contributed by atoms with Crippen molar-refractivity contribution in [1.29, 1.82) is 0 Å². The highest BCUT2D eigenvalue weighted by Gasteiger charge is 2.16. The van der Waals surface area contributed by atoms with Gasteiger partial charge in [0.25, 0.3) is 0 Å². The summed E-state index contributed by atoms with van der Waals surface area (Å²) < 4.78 is 8.67. The normalized spacial score (nSPS) is 10.7. The lowest BCUT2D eigenvalue weighted by molar-refractivity contribution is 0.262.